The van der Waals surface area contributed by atoms with Gasteiger partial charge in [-0.15, -0.1) is 10.2 Å². The molecule has 0 aliphatic rings. The summed E-state index contributed by atoms with van der Waals surface area (Å²) in [6.45, 7) is 1.87. The number of nitrogens with one attached hydrogen (secondary N) is 2. The molecule has 0 aliphatic carbocycles. The van der Waals surface area contributed by atoms with Gasteiger partial charge in [0.1, 0.15) is 0 Å². The van der Waals surface area contributed by atoms with E-state index in [0.717, 1.165) is 5.56 Å². The topological polar surface area (TPSA) is 124 Å². The van der Waals surface area contributed by atoms with Crippen molar-refractivity contribution in [1.29, 1.82) is 0 Å². The van der Waals surface area contributed by atoms with Crippen LogP contribution in [0.3, 0.4) is 0 Å². The molecule has 0 saturated heterocycles. The lowest BCUT2D eigenvalue weighted by Gasteiger charge is -2.09. The third kappa shape index (κ3) is 4.20. The number of aromatic nitrogens is 1. The summed E-state index contributed by atoms with van der Waals surface area (Å²) in [5, 5.41) is 18.6. The van der Waals surface area contributed by atoms with Crippen LogP contribution in [0.1, 0.15) is 15.9 Å². The van der Waals surface area contributed by atoms with Gasteiger partial charge in [-0.3, -0.25) is 9.52 Å². The summed E-state index contributed by atoms with van der Waals surface area (Å²) in [6.07, 6.45) is 0. The number of fused-ring (bicyclic) bond motifs is 1. The summed E-state index contributed by atoms with van der Waals surface area (Å²) < 4.78 is 27.8. The second kappa shape index (κ2) is 8.45. The number of hydrogen-bond donors (Lipinski definition) is 3. The van der Waals surface area contributed by atoms with Crippen molar-refractivity contribution in [3.8, 4) is 5.88 Å². The number of benzene rings is 3. The maximum absolute atomic E-state index is 12.7. The Bertz CT molecular complexity index is 1480. The van der Waals surface area contributed by atoms with E-state index in [0.29, 0.717) is 10.9 Å². The molecule has 0 unspecified atom stereocenters. The molecule has 0 atom stereocenters. The predicted molar refractivity (Wildman–Crippen MR) is 122 cm³/mol. The first-order chi connectivity index (χ1) is 15.3. The molecule has 0 radical (unpaired) electrons. The summed E-state index contributed by atoms with van der Waals surface area (Å²) in [7, 11) is -3.99. The number of para-hydroxylation sites is 2. The van der Waals surface area contributed by atoms with Gasteiger partial charge in [-0.1, -0.05) is 48.0 Å². The van der Waals surface area contributed by atoms with Gasteiger partial charge in [-0.2, -0.15) is 0 Å². The Morgan fingerprint density at radius 2 is 1.81 bits per heavy atom. The lowest BCUT2D eigenvalue weighted by atomic mass is 10.1. The fraction of sp³-hybridized carbons (Fsp3) is 0.0455. The summed E-state index contributed by atoms with van der Waals surface area (Å²) in [5.74, 6) is -0.979. The van der Waals surface area contributed by atoms with Crippen molar-refractivity contribution < 1.29 is 18.3 Å². The second-order valence-corrected chi connectivity index (χ2v) is 9.03. The van der Waals surface area contributed by atoms with Crippen molar-refractivity contribution in [2.45, 2.75) is 11.8 Å². The molecule has 1 aromatic heterocycles. The largest absolute Gasteiger partial charge is 0.493 e. The lowest BCUT2D eigenvalue weighted by molar-refractivity contribution is 0.0995. The molecule has 8 nitrogen and oxygen atoms in total. The molecule has 3 N–H and O–H groups in total. The van der Waals surface area contributed by atoms with Crippen LogP contribution in [0.4, 0.5) is 11.4 Å². The van der Waals surface area contributed by atoms with E-state index in [1.165, 1.54) is 30.3 Å². The Kier molecular flexibility index (Phi) is 5.68. The van der Waals surface area contributed by atoms with Gasteiger partial charge in [0, 0.05) is 10.9 Å². The van der Waals surface area contributed by atoms with Gasteiger partial charge < -0.3 is 10.1 Å². The number of amides is 1. The summed E-state index contributed by atoms with van der Waals surface area (Å²) in [5.41, 5.74) is 1.95. The van der Waals surface area contributed by atoms with Crippen LogP contribution in [0.5, 0.6) is 5.88 Å². The standard InChI is InChI=1S/C22H17ClN4O4S/c1-13-6-4-9-16-19(13)24-22(29)20(16)25-26-21(28)14-7-5-8-15(12-14)32(30,31)27-18-11-3-2-10-17(18)23/h2-12,24,27,29H,1H3. The minimum absolute atomic E-state index is 0.0197. The molecule has 1 amide bonds. The van der Waals surface area contributed by atoms with E-state index < -0.39 is 15.9 Å². The van der Waals surface area contributed by atoms with E-state index in [9.17, 15) is 18.3 Å². The van der Waals surface area contributed by atoms with Gasteiger partial charge in [0.15, 0.2) is 5.69 Å². The van der Waals surface area contributed by atoms with Crippen molar-refractivity contribution in [2.24, 2.45) is 10.2 Å². The number of azo groups is 1. The number of aromatic amines is 1. The summed E-state index contributed by atoms with van der Waals surface area (Å²) in [6, 6.07) is 17.2. The van der Waals surface area contributed by atoms with Gasteiger partial charge in [0.25, 0.3) is 15.9 Å². The molecular formula is C22H17ClN4O4S. The minimum Gasteiger partial charge on any atom is -0.493 e. The van der Waals surface area contributed by atoms with E-state index >= 15 is 0 Å². The second-order valence-electron chi connectivity index (χ2n) is 6.94. The number of aromatic hydroxyl groups is 1. The zero-order chi connectivity index (χ0) is 22.9. The molecule has 3 aromatic carbocycles. The summed E-state index contributed by atoms with van der Waals surface area (Å²) >= 11 is 6.02. The fourth-order valence-corrected chi connectivity index (χ4v) is 4.50. The number of sulfonamides is 1. The van der Waals surface area contributed by atoms with Crippen molar-refractivity contribution in [3.05, 3.63) is 82.9 Å². The molecular weight excluding hydrogens is 452 g/mol. The zero-order valence-corrected chi connectivity index (χ0v) is 18.3. The Hall–Kier alpha value is -3.69. The van der Waals surface area contributed by atoms with E-state index in [1.807, 2.05) is 13.0 Å². The van der Waals surface area contributed by atoms with Crippen molar-refractivity contribution in [2.75, 3.05) is 4.72 Å². The number of aryl methyl sites for hydroxylation is 1. The number of hydrogen-bond acceptors (Lipinski definition) is 5. The Morgan fingerprint density at radius 3 is 2.59 bits per heavy atom. The molecule has 0 spiro atoms. The van der Waals surface area contributed by atoms with Gasteiger partial charge in [-0.05, 0) is 42.8 Å². The maximum Gasteiger partial charge on any atom is 0.295 e. The van der Waals surface area contributed by atoms with Crippen LogP contribution in [0.25, 0.3) is 10.9 Å². The number of halogens is 1. The molecule has 162 valence electrons. The van der Waals surface area contributed by atoms with Gasteiger partial charge in [-0.25, -0.2) is 8.42 Å². The lowest BCUT2D eigenvalue weighted by Crippen LogP contribution is -2.13. The minimum atomic E-state index is -3.99. The van der Waals surface area contributed by atoms with Crippen LogP contribution < -0.4 is 4.72 Å². The van der Waals surface area contributed by atoms with Crippen LogP contribution in [0.15, 0.2) is 81.9 Å². The SMILES string of the molecule is Cc1cccc2c(N=NC(=O)c3cccc(S(=O)(=O)Nc4ccccc4Cl)c3)c(O)[nH]c12. The van der Waals surface area contributed by atoms with E-state index in [4.69, 9.17) is 11.6 Å². The molecule has 10 heteroatoms. The highest BCUT2D eigenvalue weighted by atomic mass is 35.5. The average molecular weight is 469 g/mol. The number of H-pyrrole nitrogens is 1. The molecule has 4 rings (SSSR count). The van der Waals surface area contributed by atoms with E-state index in [1.54, 1.807) is 30.3 Å². The van der Waals surface area contributed by atoms with Gasteiger partial charge in [0.2, 0.25) is 5.88 Å². The Balaban J connectivity index is 1.61. The number of rotatable bonds is 5. The first-order valence-electron chi connectivity index (χ1n) is 9.40. The maximum atomic E-state index is 12.7. The third-order valence-corrected chi connectivity index (χ3v) is 6.44. The average Bonchev–Trinajstić information content (AvgIpc) is 3.10. The number of nitrogens with zero attached hydrogens (tertiary/aromatic N) is 2. The molecule has 0 aliphatic heterocycles. The predicted octanol–water partition coefficient (Wildman–Crippen LogP) is 5.56. The van der Waals surface area contributed by atoms with Crippen LogP contribution in [0.2, 0.25) is 5.02 Å². The van der Waals surface area contributed by atoms with Crippen LogP contribution in [-0.4, -0.2) is 24.4 Å². The quantitative estimate of drug-likeness (QED) is 0.331. The van der Waals surface area contributed by atoms with Crippen LogP contribution in [-0.2, 0) is 10.0 Å². The number of carbonyl (C=O) groups excluding carboxylic acids is 1. The van der Waals surface area contributed by atoms with Crippen molar-refractivity contribution in [3.63, 3.8) is 0 Å². The molecule has 32 heavy (non-hydrogen) atoms. The van der Waals surface area contributed by atoms with Gasteiger partial charge in [0.05, 0.1) is 21.1 Å². The Morgan fingerprint density at radius 1 is 1.06 bits per heavy atom. The normalized spacial score (nSPS) is 11.8. The van der Waals surface area contributed by atoms with Crippen molar-refractivity contribution in [1.82, 2.24) is 4.98 Å². The molecule has 0 fully saturated rings. The number of anilines is 1. The number of carbonyl (C=O) groups is 1. The first-order valence-corrected chi connectivity index (χ1v) is 11.3. The Labute approximate surface area is 188 Å². The zero-order valence-electron chi connectivity index (χ0n) is 16.7. The highest BCUT2D eigenvalue weighted by Crippen LogP contribution is 2.36. The highest BCUT2D eigenvalue weighted by Gasteiger charge is 2.18. The summed E-state index contributed by atoms with van der Waals surface area (Å²) in [4.78, 5) is 15.2. The smallest absolute Gasteiger partial charge is 0.295 e. The molecule has 4 aromatic rings. The third-order valence-electron chi connectivity index (χ3n) is 4.75. The van der Waals surface area contributed by atoms with E-state index in [-0.39, 0.29) is 32.7 Å². The molecule has 0 bridgehead atoms. The van der Waals surface area contributed by atoms with Crippen molar-refractivity contribution >= 4 is 49.8 Å². The first kappa shape index (κ1) is 21.5. The monoisotopic (exact) mass is 468 g/mol. The highest BCUT2D eigenvalue weighted by molar-refractivity contribution is 7.92. The molecule has 1 heterocycles. The van der Waals surface area contributed by atoms with Crippen LogP contribution >= 0.6 is 11.6 Å². The fourth-order valence-electron chi connectivity index (χ4n) is 3.13. The van der Waals surface area contributed by atoms with Gasteiger partial charge >= 0.3 is 0 Å². The van der Waals surface area contributed by atoms with E-state index in [2.05, 4.69) is 19.9 Å². The molecule has 0 saturated carbocycles. The van der Waals surface area contributed by atoms with Crippen LogP contribution in [0, 0.1) is 6.92 Å².